The van der Waals surface area contributed by atoms with E-state index in [0.29, 0.717) is 42.1 Å². The van der Waals surface area contributed by atoms with Gasteiger partial charge in [-0.15, -0.1) is 0 Å². The van der Waals surface area contributed by atoms with Gasteiger partial charge in [-0.1, -0.05) is 35.6 Å². The third-order valence-electron chi connectivity index (χ3n) is 7.06. The molecular formula is C32H27FN4O4S2. The number of sulfonamides is 1. The number of carbonyl (C=O) groups excluding carboxylic acids is 1. The Hall–Kier alpha value is -4.45. The molecule has 0 atom stereocenters. The van der Waals surface area contributed by atoms with Crippen molar-refractivity contribution in [3.8, 4) is 5.75 Å². The highest BCUT2D eigenvalue weighted by Gasteiger charge is 2.29. The molecule has 1 aliphatic heterocycles. The van der Waals surface area contributed by atoms with Crippen LogP contribution < -0.4 is 9.75 Å². The van der Waals surface area contributed by atoms with Crippen molar-refractivity contribution in [3.05, 3.63) is 119 Å². The maximum atomic E-state index is 13.9. The Balaban J connectivity index is 1.28. The number of hydrazone groups is 1. The maximum absolute atomic E-state index is 13.9. The molecule has 11 heteroatoms. The van der Waals surface area contributed by atoms with Gasteiger partial charge in [-0.25, -0.2) is 17.8 Å². The topological polar surface area (TPSA) is 92.2 Å². The number of amides is 1. The van der Waals surface area contributed by atoms with Crippen LogP contribution in [-0.4, -0.2) is 43.0 Å². The van der Waals surface area contributed by atoms with Gasteiger partial charge in [0.1, 0.15) is 11.6 Å². The number of rotatable bonds is 8. The monoisotopic (exact) mass is 614 g/mol. The van der Waals surface area contributed by atoms with Gasteiger partial charge in [-0.2, -0.15) is 14.4 Å². The molecule has 2 heterocycles. The summed E-state index contributed by atoms with van der Waals surface area (Å²) >= 11 is 1.13. The normalized spacial score (nSPS) is 13.7. The second-order valence-electron chi connectivity index (χ2n) is 9.85. The number of nitrogens with zero attached hydrogens (tertiary/aromatic N) is 4. The summed E-state index contributed by atoms with van der Waals surface area (Å²) in [6.07, 6.45) is 2.16. The second kappa shape index (κ2) is 12.0. The number of ether oxygens (including phenoxy) is 1. The Labute approximate surface area is 252 Å². The minimum absolute atomic E-state index is 0.100. The average molecular weight is 615 g/mol. The number of thiazole rings is 1. The summed E-state index contributed by atoms with van der Waals surface area (Å²) in [5.41, 5.74) is 3.61. The van der Waals surface area contributed by atoms with Crippen molar-refractivity contribution >= 4 is 48.8 Å². The molecule has 8 nitrogen and oxygen atoms in total. The van der Waals surface area contributed by atoms with E-state index >= 15 is 0 Å². The van der Waals surface area contributed by atoms with Crippen LogP contribution in [0.1, 0.15) is 34.0 Å². The highest BCUT2D eigenvalue weighted by molar-refractivity contribution is 7.89. The molecule has 0 unspecified atom stereocenters. The largest absolute Gasteiger partial charge is 0.494 e. The number of halogens is 1. The van der Waals surface area contributed by atoms with Gasteiger partial charge in [0.2, 0.25) is 15.2 Å². The fraction of sp³-hybridized carbons (Fsp3) is 0.156. The summed E-state index contributed by atoms with van der Waals surface area (Å²) in [5.74, 6) is -0.213. The van der Waals surface area contributed by atoms with Crippen LogP contribution >= 0.6 is 11.3 Å². The van der Waals surface area contributed by atoms with Crippen LogP contribution in [0.2, 0.25) is 0 Å². The Morgan fingerprint density at radius 1 is 1.05 bits per heavy atom. The minimum Gasteiger partial charge on any atom is -0.494 e. The molecule has 0 saturated carbocycles. The smallest absolute Gasteiger partial charge is 0.280 e. The molecule has 0 spiro atoms. The van der Waals surface area contributed by atoms with E-state index in [0.717, 1.165) is 33.0 Å². The van der Waals surface area contributed by atoms with Crippen LogP contribution in [0.15, 0.2) is 101 Å². The Kier molecular flexibility index (Phi) is 8.02. The summed E-state index contributed by atoms with van der Waals surface area (Å²) in [6, 6.07) is 25.1. The number of fused-ring (bicyclic) bond motifs is 2. The van der Waals surface area contributed by atoms with Crippen LogP contribution in [0.5, 0.6) is 5.75 Å². The molecule has 5 aromatic rings. The molecule has 0 aliphatic carbocycles. The first-order valence-electron chi connectivity index (χ1n) is 13.7. The minimum atomic E-state index is -3.77. The number of anilines is 1. The van der Waals surface area contributed by atoms with Crippen molar-refractivity contribution in [3.63, 3.8) is 0 Å². The van der Waals surface area contributed by atoms with E-state index in [9.17, 15) is 17.6 Å². The van der Waals surface area contributed by atoms with Gasteiger partial charge in [0.25, 0.3) is 5.91 Å². The van der Waals surface area contributed by atoms with Crippen LogP contribution in [0.4, 0.5) is 9.52 Å². The zero-order chi connectivity index (χ0) is 30.0. The maximum Gasteiger partial charge on any atom is 0.280 e. The first-order valence-corrected chi connectivity index (χ1v) is 15.9. The molecule has 4 aromatic carbocycles. The number of benzene rings is 4. The number of hydrogen-bond donors (Lipinski definition) is 0. The molecule has 0 fully saturated rings. The van der Waals surface area contributed by atoms with Crippen LogP contribution in [0.25, 0.3) is 10.2 Å². The van der Waals surface area contributed by atoms with Crippen LogP contribution in [0, 0.1) is 5.82 Å². The van der Waals surface area contributed by atoms with Gasteiger partial charge in [-0.05, 0) is 96.8 Å². The summed E-state index contributed by atoms with van der Waals surface area (Å²) in [4.78, 5) is 18.4. The third-order valence-corrected chi connectivity index (χ3v) is 9.91. The molecule has 1 aromatic heterocycles. The van der Waals surface area contributed by atoms with E-state index in [1.807, 2.05) is 43.3 Å². The van der Waals surface area contributed by atoms with Crippen molar-refractivity contribution in [2.75, 3.05) is 18.2 Å². The van der Waals surface area contributed by atoms with E-state index in [2.05, 4.69) is 10.1 Å². The standard InChI is InChI=1S/C32H27FN4O4S2/c1-2-41-27-12-7-22(8-13-27)20-34-37(32-35-29-16-11-26(33)19-30(29)42-32)31(38)24-9-14-28(15-10-24)43(39,40)36-18-17-23-5-3-4-6-25(23)21-36/h3-16,19-20H,2,17-18,21H2,1H3/b34-20+. The molecule has 43 heavy (non-hydrogen) atoms. The predicted octanol–water partition coefficient (Wildman–Crippen LogP) is 6.26. The molecule has 218 valence electrons. The SMILES string of the molecule is CCOc1ccc(/C=N/N(C(=O)c2ccc(S(=O)(=O)N3CCc4ccccc4C3)cc2)c2nc3ccc(F)cc3s2)cc1. The number of carbonyl (C=O) groups is 1. The van der Waals surface area contributed by atoms with E-state index in [4.69, 9.17) is 4.74 Å². The molecule has 1 aliphatic rings. The first-order chi connectivity index (χ1) is 20.8. The Morgan fingerprint density at radius 2 is 1.79 bits per heavy atom. The van der Waals surface area contributed by atoms with Gasteiger partial charge in [0.15, 0.2) is 0 Å². The van der Waals surface area contributed by atoms with Crippen LogP contribution in [0.3, 0.4) is 0 Å². The predicted molar refractivity (Wildman–Crippen MR) is 166 cm³/mol. The van der Waals surface area contributed by atoms with Gasteiger partial charge >= 0.3 is 0 Å². The van der Waals surface area contributed by atoms with E-state index in [1.165, 1.54) is 46.9 Å². The average Bonchev–Trinajstić information content (AvgIpc) is 3.44. The van der Waals surface area contributed by atoms with Crippen LogP contribution in [-0.2, 0) is 23.0 Å². The molecule has 6 rings (SSSR count). The number of aromatic nitrogens is 1. The zero-order valence-electron chi connectivity index (χ0n) is 23.2. The molecular weight excluding hydrogens is 588 g/mol. The van der Waals surface area contributed by atoms with Crippen molar-refractivity contribution < 1.29 is 22.3 Å². The van der Waals surface area contributed by atoms with Gasteiger partial charge in [-0.3, -0.25) is 4.79 Å². The first kappa shape index (κ1) is 28.7. The van der Waals surface area contributed by atoms with Gasteiger partial charge in [0, 0.05) is 18.7 Å². The zero-order valence-corrected chi connectivity index (χ0v) is 24.8. The lowest BCUT2D eigenvalue weighted by atomic mass is 10.0. The molecule has 0 radical (unpaired) electrons. The Bertz CT molecular complexity index is 1920. The summed E-state index contributed by atoms with van der Waals surface area (Å²) in [7, 11) is -3.77. The Morgan fingerprint density at radius 3 is 2.53 bits per heavy atom. The van der Waals surface area contributed by atoms with Crippen molar-refractivity contribution in [1.82, 2.24) is 9.29 Å². The molecule has 0 saturated heterocycles. The lowest BCUT2D eigenvalue weighted by molar-refractivity contribution is 0.0987. The van der Waals surface area contributed by atoms with Crippen molar-refractivity contribution in [1.29, 1.82) is 0 Å². The van der Waals surface area contributed by atoms with Gasteiger partial charge in [0.05, 0.1) is 27.9 Å². The van der Waals surface area contributed by atoms with Crippen molar-refractivity contribution in [2.24, 2.45) is 5.10 Å². The van der Waals surface area contributed by atoms with E-state index < -0.39 is 21.7 Å². The lowest BCUT2D eigenvalue weighted by Crippen LogP contribution is -2.36. The van der Waals surface area contributed by atoms with Crippen molar-refractivity contribution in [2.45, 2.75) is 24.8 Å². The fourth-order valence-corrected chi connectivity index (χ4v) is 7.19. The van der Waals surface area contributed by atoms with E-state index in [-0.39, 0.29) is 15.6 Å². The highest BCUT2D eigenvalue weighted by atomic mass is 32.2. The lowest BCUT2D eigenvalue weighted by Gasteiger charge is -2.28. The highest BCUT2D eigenvalue weighted by Crippen LogP contribution is 2.31. The molecule has 0 N–H and O–H groups in total. The second-order valence-corrected chi connectivity index (χ2v) is 12.8. The third kappa shape index (κ3) is 6.05. The number of hydrogen-bond acceptors (Lipinski definition) is 7. The fourth-order valence-electron chi connectivity index (χ4n) is 4.82. The quantitative estimate of drug-likeness (QED) is 0.152. The van der Waals surface area contributed by atoms with E-state index in [1.54, 1.807) is 18.2 Å². The summed E-state index contributed by atoms with van der Waals surface area (Å²) < 4.78 is 48.3. The summed E-state index contributed by atoms with van der Waals surface area (Å²) in [5, 5.41) is 5.84. The van der Waals surface area contributed by atoms with Gasteiger partial charge < -0.3 is 4.74 Å². The molecule has 0 bridgehead atoms. The molecule has 1 amide bonds. The summed E-state index contributed by atoms with van der Waals surface area (Å²) in [6.45, 7) is 3.12.